The highest BCUT2D eigenvalue weighted by molar-refractivity contribution is 5.66. The van der Waals surface area contributed by atoms with Crippen LogP contribution in [0.3, 0.4) is 0 Å². The van der Waals surface area contributed by atoms with Crippen molar-refractivity contribution >= 4 is 6.09 Å². The van der Waals surface area contributed by atoms with Crippen molar-refractivity contribution in [2.45, 2.75) is 38.2 Å². The van der Waals surface area contributed by atoms with Crippen LogP contribution in [0.5, 0.6) is 0 Å². The summed E-state index contributed by atoms with van der Waals surface area (Å²) >= 11 is 0. The van der Waals surface area contributed by atoms with E-state index in [0.717, 1.165) is 13.0 Å². The normalized spacial score (nSPS) is 34.6. The van der Waals surface area contributed by atoms with Crippen molar-refractivity contribution in [3.8, 4) is 0 Å². The molecule has 0 radical (unpaired) electrons. The molecule has 2 aliphatic rings. The zero-order valence-corrected chi connectivity index (χ0v) is 8.40. The first kappa shape index (κ1) is 9.73. The second-order valence-electron chi connectivity index (χ2n) is 4.27. The number of ether oxygens (including phenoxy) is 2. The SMILES string of the molecule is CC1(C)OC(C[C@@H]2CO2)CN1C(=O)O. The van der Waals surface area contributed by atoms with Crippen LogP contribution in [-0.2, 0) is 9.47 Å². The van der Waals surface area contributed by atoms with Crippen LogP contribution in [0.1, 0.15) is 20.3 Å². The van der Waals surface area contributed by atoms with Crippen molar-refractivity contribution in [3.63, 3.8) is 0 Å². The number of carbonyl (C=O) groups is 1. The maximum Gasteiger partial charge on any atom is 0.409 e. The van der Waals surface area contributed by atoms with E-state index in [1.165, 1.54) is 4.90 Å². The summed E-state index contributed by atoms with van der Waals surface area (Å²) in [6.07, 6.45) is 0.139. The molecule has 0 aromatic rings. The third kappa shape index (κ3) is 1.83. The van der Waals surface area contributed by atoms with Gasteiger partial charge in [-0.2, -0.15) is 0 Å². The Morgan fingerprint density at radius 1 is 1.57 bits per heavy atom. The molecule has 2 rings (SSSR count). The predicted molar refractivity (Wildman–Crippen MR) is 48.0 cm³/mol. The summed E-state index contributed by atoms with van der Waals surface area (Å²) in [5, 5.41) is 8.93. The second kappa shape index (κ2) is 3.10. The Labute approximate surface area is 82.6 Å². The van der Waals surface area contributed by atoms with Gasteiger partial charge in [-0.25, -0.2) is 4.79 Å². The molecule has 5 heteroatoms. The average Bonchev–Trinajstić information content (AvgIpc) is 2.76. The van der Waals surface area contributed by atoms with Crippen LogP contribution in [0.15, 0.2) is 0 Å². The highest BCUT2D eigenvalue weighted by Gasteiger charge is 2.44. The van der Waals surface area contributed by atoms with Gasteiger partial charge in [0.15, 0.2) is 0 Å². The van der Waals surface area contributed by atoms with Gasteiger partial charge in [0.25, 0.3) is 0 Å². The van der Waals surface area contributed by atoms with Crippen molar-refractivity contribution < 1.29 is 19.4 Å². The van der Waals surface area contributed by atoms with E-state index in [-0.39, 0.29) is 12.2 Å². The van der Waals surface area contributed by atoms with Crippen LogP contribution in [-0.4, -0.2) is 47.2 Å². The van der Waals surface area contributed by atoms with Crippen molar-refractivity contribution in [2.24, 2.45) is 0 Å². The Bertz CT molecular complexity index is 249. The number of amides is 1. The van der Waals surface area contributed by atoms with E-state index in [2.05, 4.69) is 0 Å². The number of epoxide rings is 1. The van der Waals surface area contributed by atoms with Crippen molar-refractivity contribution in [1.29, 1.82) is 0 Å². The van der Waals surface area contributed by atoms with Crippen LogP contribution in [0.25, 0.3) is 0 Å². The molecule has 5 nitrogen and oxygen atoms in total. The predicted octanol–water partition coefficient (Wildman–Crippen LogP) is 0.890. The van der Waals surface area contributed by atoms with Crippen LogP contribution in [0.2, 0.25) is 0 Å². The summed E-state index contributed by atoms with van der Waals surface area (Å²) in [6.45, 7) is 4.78. The third-order valence-electron chi connectivity index (χ3n) is 2.65. The Hall–Kier alpha value is -0.810. The molecule has 1 amide bonds. The molecule has 0 spiro atoms. The van der Waals surface area contributed by atoms with E-state index < -0.39 is 11.8 Å². The molecule has 1 N–H and O–H groups in total. The molecule has 0 saturated carbocycles. The summed E-state index contributed by atoms with van der Waals surface area (Å²) in [4.78, 5) is 12.2. The van der Waals surface area contributed by atoms with Crippen molar-refractivity contribution in [1.82, 2.24) is 4.90 Å². The Kier molecular flexibility index (Phi) is 2.16. The molecular formula is C9H15NO4. The highest BCUT2D eigenvalue weighted by atomic mass is 16.6. The number of rotatable bonds is 2. The minimum Gasteiger partial charge on any atom is -0.465 e. The van der Waals surface area contributed by atoms with Gasteiger partial charge >= 0.3 is 6.09 Å². The second-order valence-corrected chi connectivity index (χ2v) is 4.27. The number of hydrogen-bond donors (Lipinski definition) is 1. The monoisotopic (exact) mass is 201 g/mol. The fourth-order valence-electron chi connectivity index (χ4n) is 1.86. The van der Waals surface area contributed by atoms with Gasteiger partial charge in [0, 0.05) is 6.42 Å². The van der Waals surface area contributed by atoms with Crippen LogP contribution in [0, 0.1) is 0 Å². The molecule has 0 bridgehead atoms. The van der Waals surface area contributed by atoms with E-state index >= 15 is 0 Å². The van der Waals surface area contributed by atoms with Crippen LogP contribution in [0.4, 0.5) is 4.79 Å². The summed E-state index contributed by atoms with van der Waals surface area (Å²) in [6, 6.07) is 0. The number of carboxylic acid groups (broad SMARTS) is 1. The van der Waals surface area contributed by atoms with Gasteiger partial charge in [-0.3, -0.25) is 4.90 Å². The van der Waals surface area contributed by atoms with E-state index in [9.17, 15) is 4.79 Å². The lowest BCUT2D eigenvalue weighted by molar-refractivity contribution is -0.0687. The minimum atomic E-state index is -0.922. The fraction of sp³-hybridized carbons (Fsp3) is 0.889. The molecule has 1 unspecified atom stereocenters. The van der Waals surface area contributed by atoms with E-state index in [1.807, 2.05) is 0 Å². The third-order valence-corrected chi connectivity index (χ3v) is 2.65. The van der Waals surface area contributed by atoms with E-state index in [0.29, 0.717) is 6.54 Å². The quantitative estimate of drug-likeness (QED) is 0.674. The van der Waals surface area contributed by atoms with Crippen molar-refractivity contribution in [2.75, 3.05) is 13.2 Å². The first-order valence-corrected chi connectivity index (χ1v) is 4.79. The zero-order chi connectivity index (χ0) is 10.3. The molecule has 80 valence electrons. The molecule has 14 heavy (non-hydrogen) atoms. The van der Waals surface area contributed by atoms with Gasteiger partial charge < -0.3 is 14.6 Å². The van der Waals surface area contributed by atoms with E-state index in [1.54, 1.807) is 13.8 Å². The maximum atomic E-state index is 10.9. The van der Waals surface area contributed by atoms with Gasteiger partial charge in [-0.05, 0) is 13.8 Å². The molecule has 0 aromatic carbocycles. The largest absolute Gasteiger partial charge is 0.465 e. The molecule has 0 aromatic heterocycles. The van der Waals surface area contributed by atoms with Crippen molar-refractivity contribution in [3.05, 3.63) is 0 Å². The number of hydrogen-bond acceptors (Lipinski definition) is 3. The average molecular weight is 201 g/mol. The smallest absolute Gasteiger partial charge is 0.409 e. The molecule has 2 fully saturated rings. The first-order chi connectivity index (χ1) is 6.49. The Morgan fingerprint density at radius 3 is 2.64 bits per heavy atom. The maximum absolute atomic E-state index is 10.9. The lowest BCUT2D eigenvalue weighted by atomic mass is 10.2. The molecule has 2 atom stereocenters. The standard InChI is InChI=1S/C9H15NO4/c1-9(2)10(8(11)12)4-6(14-9)3-7-5-13-7/h6-7H,3-5H2,1-2H3,(H,11,12)/t6?,7-/m1/s1. The van der Waals surface area contributed by atoms with Gasteiger partial charge in [0.2, 0.25) is 0 Å². The Balaban J connectivity index is 1.96. The molecule has 0 aliphatic carbocycles. The van der Waals surface area contributed by atoms with Gasteiger partial charge in [-0.15, -0.1) is 0 Å². The fourth-order valence-corrected chi connectivity index (χ4v) is 1.86. The molecule has 2 saturated heterocycles. The Morgan fingerprint density at radius 2 is 2.21 bits per heavy atom. The lowest BCUT2D eigenvalue weighted by Gasteiger charge is -2.26. The number of nitrogens with zero attached hydrogens (tertiary/aromatic N) is 1. The molecular weight excluding hydrogens is 186 g/mol. The summed E-state index contributed by atoms with van der Waals surface area (Å²) in [5.41, 5.74) is -0.703. The highest BCUT2D eigenvalue weighted by Crippen LogP contribution is 2.30. The minimum absolute atomic E-state index is 0.0198. The summed E-state index contributed by atoms with van der Waals surface area (Å²) in [7, 11) is 0. The lowest BCUT2D eigenvalue weighted by Crippen LogP contribution is -2.42. The van der Waals surface area contributed by atoms with Gasteiger partial charge in [0.1, 0.15) is 5.72 Å². The summed E-state index contributed by atoms with van der Waals surface area (Å²) < 4.78 is 10.7. The topological polar surface area (TPSA) is 62.3 Å². The molecule has 2 heterocycles. The molecule has 2 aliphatic heterocycles. The van der Waals surface area contributed by atoms with Crippen LogP contribution < -0.4 is 0 Å². The zero-order valence-electron chi connectivity index (χ0n) is 8.40. The van der Waals surface area contributed by atoms with Crippen LogP contribution >= 0.6 is 0 Å². The van der Waals surface area contributed by atoms with Gasteiger partial charge in [-0.1, -0.05) is 0 Å². The first-order valence-electron chi connectivity index (χ1n) is 4.79. The summed E-state index contributed by atoms with van der Waals surface area (Å²) in [5.74, 6) is 0. The van der Waals surface area contributed by atoms with Gasteiger partial charge in [0.05, 0.1) is 25.4 Å². The van der Waals surface area contributed by atoms with E-state index in [4.69, 9.17) is 14.6 Å².